The highest BCUT2D eigenvalue weighted by molar-refractivity contribution is 7.80. The van der Waals surface area contributed by atoms with E-state index in [0.717, 1.165) is 11.1 Å². The van der Waals surface area contributed by atoms with Crippen molar-refractivity contribution >= 4 is 12.6 Å². The average Bonchev–Trinajstić information content (AvgIpc) is 2.29. The van der Waals surface area contributed by atoms with Gasteiger partial charge in [0.05, 0.1) is 12.7 Å². The van der Waals surface area contributed by atoms with Crippen LogP contribution < -0.4 is 0 Å². The fourth-order valence-electron chi connectivity index (χ4n) is 1.60. The minimum atomic E-state index is -0.918. The third-order valence-corrected chi connectivity index (χ3v) is 2.89. The first kappa shape index (κ1) is 13.5. The van der Waals surface area contributed by atoms with Gasteiger partial charge in [0, 0.05) is 0 Å². The molecular formula is C12H18O3S. The molecule has 3 nitrogen and oxygen atoms in total. The lowest BCUT2D eigenvalue weighted by Gasteiger charge is -2.19. The van der Waals surface area contributed by atoms with E-state index in [1.54, 1.807) is 12.1 Å². The van der Waals surface area contributed by atoms with Crippen molar-refractivity contribution in [1.29, 1.82) is 0 Å². The van der Waals surface area contributed by atoms with E-state index in [1.165, 1.54) is 0 Å². The van der Waals surface area contributed by atoms with E-state index in [0.29, 0.717) is 17.7 Å². The molecule has 2 unspecified atom stereocenters. The van der Waals surface area contributed by atoms with Crippen LogP contribution in [-0.2, 0) is 6.61 Å². The molecule has 0 fully saturated rings. The van der Waals surface area contributed by atoms with Gasteiger partial charge in [-0.3, -0.25) is 0 Å². The number of aryl methyl sites for hydroxylation is 1. The Kier molecular flexibility index (Phi) is 5.28. The van der Waals surface area contributed by atoms with Crippen LogP contribution in [0, 0.1) is 6.92 Å². The van der Waals surface area contributed by atoms with Gasteiger partial charge in [0.25, 0.3) is 0 Å². The third kappa shape index (κ3) is 3.22. The van der Waals surface area contributed by atoms with Crippen LogP contribution in [0.4, 0.5) is 0 Å². The van der Waals surface area contributed by atoms with E-state index in [4.69, 9.17) is 5.11 Å². The van der Waals surface area contributed by atoms with Gasteiger partial charge in [0.15, 0.2) is 0 Å². The molecule has 4 heteroatoms. The molecule has 0 aromatic heterocycles. The molecule has 0 bridgehead atoms. The van der Waals surface area contributed by atoms with Crippen molar-refractivity contribution in [3.63, 3.8) is 0 Å². The molecule has 1 rings (SSSR count). The first-order valence-corrected chi connectivity index (χ1v) is 5.90. The third-order valence-electron chi connectivity index (χ3n) is 2.63. The monoisotopic (exact) mass is 242 g/mol. The second-order valence-electron chi connectivity index (χ2n) is 3.87. The summed E-state index contributed by atoms with van der Waals surface area (Å²) >= 11 is 4.02. The van der Waals surface area contributed by atoms with Crippen LogP contribution in [0.1, 0.15) is 29.2 Å². The Labute approximate surface area is 101 Å². The Morgan fingerprint density at radius 2 is 2.00 bits per heavy atom. The van der Waals surface area contributed by atoms with Crippen LogP contribution in [0.2, 0.25) is 0 Å². The van der Waals surface area contributed by atoms with Crippen molar-refractivity contribution < 1.29 is 15.3 Å². The zero-order valence-corrected chi connectivity index (χ0v) is 10.2. The SMILES string of the molecule is Cc1ccc(CO)cc1C(O)C(O)CCS. The van der Waals surface area contributed by atoms with Gasteiger partial charge in [-0.1, -0.05) is 18.2 Å². The smallest absolute Gasteiger partial charge is 0.105 e. The summed E-state index contributed by atoms with van der Waals surface area (Å²) in [6.07, 6.45) is -1.30. The van der Waals surface area contributed by atoms with Crippen molar-refractivity contribution in [2.45, 2.75) is 32.2 Å². The highest BCUT2D eigenvalue weighted by atomic mass is 32.1. The quantitative estimate of drug-likeness (QED) is 0.587. The van der Waals surface area contributed by atoms with Crippen LogP contribution >= 0.6 is 12.6 Å². The lowest BCUT2D eigenvalue weighted by atomic mass is 9.96. The van der Waals surface area contributed by atoms with Crippen LogP contribution in [-0.4, -0.2) is 27.2 Å². The molecule has 0 heterocycles. The minimum absolute atomic E-state index is 0.0668. The van der Waals surface area contributed by atoms with Gasteiger partial charge in [0.1, 0.15) is 6.10 Å². The Morgan fingerprint density at radius 1 is 1.31 bits per heavy atom. The standard InChI is InChI=1S/C12H18O3S/c1-8-2-3-9(7-13)6-10(8)12(15)11(14)4-5-16/h2-3,6,11-16H,4-5,7H2,1H3. The van der Waals surface area contributed by atoms with Crippen LogP contribution in [0.5, 0.6) is 0 Å². The van der Waals surface area contributed by atoms with E-state index in [2.05, 4.69) is 12.6 Å². The number of hydrogen-bond acceptors (Lipinski definition) is 4. The van der Waals surface area contributed by atoms with Gasteiger partial charge in [-0.05, 0) is 35.8 Å². The lowest BCUT2D eigenvalue weighted by Crippen LogP contribution is -2.19. The molecule has 0 spiro atoms. The zero-order chi connectivity index (χ0) is 12.1. The normalized spacial score (nSPS) is 14.8. The van der Waals surface area contributed by atoms with Crippen LogP contribution in [0.25, 0.3) is 0 Å². The number of aliphatic hydroxyl groups excluding tert-OH is 3. The zero-order valence-electron chi connectivity index (χ0n) is 9.30. The predicted molar refractivity (Wildman–Crippen MR) is 66.5 cm³/mol. The Balaban J connectivity index is 2.92. The molecular weight excluding hydrogens is 224 g/mol. The highest BCUT2D eigenvalue weighted by Crippen LogP contribution is 2.23. The minimum Gasteiger partial charge on any atom is -0.392 e. The molecule has 16 heavy (non-hydrogen) atoms. The van der Waals surface area contributed by atoms with Gasteiger partial charge in [-0.15, -0.1) is 0 Å². The molecule has 0 amide bonds. The summed E-state index contributed by atoms with van der Waals surface area (Å²) in [7, 11) is 0. The summed E-state index contributed by atoms with van der Waals surface area (Å²) < 4.78 is 0. The Hall–Kier alpha value is -0.550. The molecule has 0 aliphatic rings. The molecule has 0 radical (unpaired) electrons. The van der Waals surface area contributed by atoms with Crippen molar-refractivity contribution in [3.05, 3.63) is 34.9 Å². The first-order chi connectivity index (χ1) is 7.60. The maximum atomic E-state index is 9.96. The van der Waals surface area contributed by atoms with Crippen molar-refractivity contribution in [1.82, 2.24) is 0 Å². The second-order valence-corrected chi connectivity index (χ2v) is 4.32. The number of rotatable bonds is 5. The van der Waals surface area contributed by atoms with E-state index in [9.17, 15) is 10.2 Å². The number of hydrogen-bond donors (Lipinski definition) is 4. The lowest BCUT2D eigenvalue weighted by molar-refractivity contribution is 0.0168. The highest BCUT2D eigenvalue weighted by Gasteiger charge is 2.19. The maximum absolute atomic E-state index is 9.96. The average molecular weight is 242 g/mol. The molecule has 2 atom stereocenters. The Bertz CT molecular complexity index is 341. The maximum Gasteiger partial charge on any atom is 0.105 e. The van der Waals surface area contributed by atoms with Crippen molar-refractivity contribution in [2.75, 3.05) is 5.75 Å². The molecule has 0 saturated heterocycles. The van der Waals surface area contributed by atoms with Crippen LogP contribution in [0.3, 0.4) is 0 Å². The first-order valence-electron chi connectivity index (χ1n) is 5.27. The molecule has 90 valence electrons. The fourth-order valence-corrected chi connectivity index (χ4v) is 1.87. The summed E-state index contributed by atoms with van der Waals surface area (Å²) in [6.45, 7) is 1.80. The number of aliphatic hydroxyl groups is 3. The van der Waals surface area contributed by atoms with Crippen molar-refractivity contribution in [2.24, 2.45) is 0 Å². The number of thiol groups is 1. The van der Waals surface area contributed by atoms with E-state index in [1.807, 2.05) is 13.0 Å². The molecule has 1 aromatic carbocycles. The topological polar surface area (TPSA) is 60.7 Å². The molecule has 0 aliphatic heterocycles. The molecule has 0 saturated carbocycles. The van der Waals surface area contributed by atoms with Gasteiger partial charge >= 0.3 is 0 Å². The summed E-state index contributed by atoms with van der Waals surface area (Å²) in [5.74, 6) is 0.525. The van der Waals surface area contributed by atoms with Gasteiger partial charge in [0.2, 0.25) is 0 Å². The van der Waals surface area contributed by atoms with Crippen LogP contribution in [0.15, 0.2) is 18.2 Å². The summed E-state index contributed by atoms with van der Waals surface area (Å²) in [6, 6.07) is 5.36. The summed E-state index contributed by atoms with van der Waals surface area (Å²) in [5.41, 5.74) is 2.31. The van der Waals surface area contributed by atoms with E-state index < -0.39 is 12.2 Å². The van der Waals surface area contributed by atoms with Gasteiger partial charge in [-0.2, -0.15) is 12.6 Å². The van der Waals surface area contributed by atoms with Gasteiger partial charge in [-0.25, -0.2) is 0 Å². The summed E-state index contributed by atoms with van der Waals surface area (Å²) in [5, 5.41) is 28.7. The summed E-state index contributed by atoms with van der Waals surface area (Å²) in [4.78, 5) is 0. The number of benzene rings is 1. The second kappa shape index (κ2) is 6.25. The van der Waals surface area contributed by atoms with Crippen molar-refractivity contribution in [3.8, 4) is 0 Å². The molecule has 0 aliphatic carbocycles. The van der Waals surface area contributed by atoms with Gasteiger partial charge < -0.3 is 15.3 Å². The largest absolute Gasteiger partial charge is 0.392 e. The Morgan fingerprint density at radius 3 is 2.56 bits per heavy atom. The van der Waals surface area contributed by atoms with E-state index >= 15 is 0 Å². The molecule has 1 aromatic rings. The fraction of sp³-hybridized carbons (Fsp3) is 0.500. The molecule has 3 N–H and O–H groups in total. The predicted octanol–water partition coefficient (Wildman–Crippen LogP) is 1.20. The van der Waals surface area contributed by atoms with E-state index in [-0.39, 0.29) is 6.61 Å².